The number of aryl methyl sites for hydroxylation is 1. The first kappa shape index (κ1) is 8.37. The number of nitrogens with zero attached hydrogens (tertiary/aromatic N) is 2. The van der Waals surface area contributed by atoms with Gasteiger partial charge in [0, 0.05) is 6.92 Å². The molecule has 2 heterocycles. The molecule has 1 N–H and O–H groups in total. The van der Waals surface area contributed by atoms with E-state index in [0.717, 1.165) is 19.4 Å². The number of carbonyl (C=O) groups is 1. The summed E-state index contributed by atoms with van der Waals surface area (Å²) in [6, 6.07) is -0.114. The van der Waals surface area contributed by atoms with Crippen molar-refractivity contribution in [3.05, 3.63) is 11.7 Å². The molecule has 5 heteroatoms. The Bertz CT molecular complexity index is 315. The summed E-state index contributed by atoms with van der Waals surface area (Å²) in [6.45, 7) is 2.57. The summed E-state index contributed by atoms with van der Waals surface area (Å²) in [5.41, 5.74) is 0. The first-order chi connectivity index (χ1) is 6.27. The smallest absolute Gasteiger partial charge is 0.240 e. The standard InChI is InChI=1S/C8H11N3O2/c1-5-10-8(11-13-5)7(12)6-3-2-4-9-6/h6,9H,2-4H2,1H3. The van der Waals surface area contributed by atoms with E-state index in [-0.39, 0.29) is 17.6 Å². The van der Waals surface area contributed by atoms with Gasteiger partial charge in [-0.3, -0.25) is 4.79 Å². The molecule has 1 atom stereocenters. The number of ketones is 1. The minimum absolute atomic E-state index is 0.0608. The molecule has 0 bridgehead atoms. The van der Waals surface area contributed by atoms with Crippen LogP contribution in [0.3, 0.4) is 0 Å². The zero-order valence-corrected chi connectivity index (χ0v) is 7.41. The summed E-state index contributed by atoms with van der Waals surface area (Å²) >= 11 is 0. The topological polar surface area (TPSA) is 68.0 Å². The molecule has 1 aromatic heterocycles. The van der Waals surface area contributed by atoms with Crippen molar-refractivity contribution in [1.82, 2.24) is 15.5 Å². The highest BCUT2D eigenvalue weighted by Crippen LogP contribution is 2.09. The highest BCUT2D eigenvalue weighted by molar-refractivity contribution is 5.96. The second-order valence-corrected chi connectivity index (χ2v) is 3.15. The van der Waals surface area contributed by atoms with Crippen LogP contribution in [-0.2, 0) is 0 Å². The SMILES string of the molecule is Cc1nc(C(=O)C2CCCN2)no1. The largest absolute Gasteiger partial charge is 0.339 e. The molecule has 1 aliphatic heterocycles. The summed E-state index contributed by atoms with van der Waals surface area (Å²) in [7, 11) is 0. The molecule has 0 amide bonds. The predicted molar refractivity (Wildman–Crippen MR) is 44.4 cm³/mol. The Morgan fingerprint density at radius 3 is 3.08 bits per heavy atom. The molecule has 1 aromatic rings. The molecular weight excluding hydrogens is 170 g/mol. The summed E-state index contributed by atoms with van der Waals surface area (Å²) in [6.07, 6.45) is 1.90. The molecule has 70 valence electrons. The Hall–Kier alpha value is -1.23. The fourth-order valence-corrected chi connectivity index (χ4v) is 1.46. The van der Waals surface area contributed by atoms with Crippen molar-refractivity contribution in [2.75, 3.05) is 6.54 Å². The molecule has 13 heavy (non-hydrogen) atoms. The van der Waals surface area contributed by atoms with Crippen molar-refractivity contribution in [1.29, 1.82) is 0 Å². The molecule has 0 spiro atoms. The van der Waals surface area contributed by atoms with Crippen LogP contribution < -0.4 is 5.32 Å². The first-order valence-corrected chi connectivity index (χ1v) is 4.35. The monoisotopic (exact) mass is 181 g/mol. The third-order valence-electron chi connectivity index (χ3n) is 2.12. The summed E-state index contributed by atoms with van der Waals surface area (Å²) in [5.74, 6) is 0.563. The normalized spacial score (nSPS) is 22.1. The summed E-state index contributed by atoms with van der Waals surface area (Å²) in [4.78, 5) is 15.5. The fourth-order valence-electron chi connectivity index (χ4n) is 1.46. The molecule has 0 aromatic carbocycles. The number of rotatable bonds is 2. The lowest BCUT2D eigenvalue weighted by Crippen LogP contribution is -2.31. The maximum absolute atomic E-state index is 11.6. The molecule has 5 nitrogen and oxygen atoms in total. The third kappa shape index (κ3) is 1.60. The van der Waals surface area contributed by atoms with Gasteiger partial charge in [-0.1, -0.05) is 5.16 Å². The van der Waals surface area contributed by atoms with E-state index in [2.05, 4.69) is 15.5 Å². The molecule has 1 aliphatic rings. The van der Waals surface area contributed by atoms with Crippen LogP contribution in [-0.4, -0.2) is 28.5 Å². The van der Waals surface area contributed by atoms with Crippen LogP contribution in [0.1, 0.15) is 29.4 Å². The number of aromatic nitrogens is 2. The van der Waals surface area contributed by atoms with Crippen molar-refractivity contribution in [2.45, 2.75) is 25.8 Å². The maximum Gasteiger partial charge on any atom is 0.240 e. The van der Waals surface area contributed by atoms with Crippen LogP contribution in [0.25, 0.3) is 0 Å². The van der Waals surface area contributed by atoms with Crippen molar-refractivity contribution < 1.29 is 9.32 Å². The Morgan fingerprint density at radius 1 is 1.69 bits per heavy atom. The molecule has 0 radical (unpaired) electrons. The van der Waals surface area contributed by atoms with E-state index in [4.69, 9.17) is 4.52 Å². The predicted octanol–water partition coefficient (Wildman–Crippen LogP) is 0.313. The van der Waals surface area contributed by atoms with E-state index >= 15 is 0 Å². The van der Waals surface area contributed by atoms with E-state index in [0.29, 0.717) is 5.89 Å². The minimum Gasteiger partial charge on any atom is -0.339 e. The molecule has 2 rings (SSSR count). The van der Waals surface area contributed by atoms with Gasteiger partial charge < -0.3 is 9.84 Å². The van der Waals surface area contributed by atoms with Gasteiger partial charge in [0.05, 0.1) is 6.04 Å². The number of Topliss-reactive ketones (excluding diaryl/α,β-unsaturated/α-hetero) is 1. The second kappa shape index (κ2) is 3.26. The quantitative estimate of drug-likeness (QED) is 0.665. The van der Waals surface area contributed by atoms with E-state index in [1.54, 1.807) is 6.92 Å². The first-order valence-electron chi connectivity index (χ1n) is 4.35. The van der Waals surface area contributed by atoms with Gasteiger partial charge in [-0.15, -0.1) is 0 Å². The van der Waals surface area contributed by atoms with Crippen LogP contribution in [0.2, 0.25) is 0 Å². The van der Waals surface area contributed by atoms with Gasteiger partial charge in [-0.2, -0.15) is 4.98 Å². The van der Waals surface area contributed by atoms with Gasteiger partial charge >= 0.3 is 0 Å². The van der Waals surface area contributed by atoms with Crippen LogP contribution in [0, 0.1) is 6.92 Å². The molecule has 0 saturated carbocycles. The van der Waals surface area contributed by atoms with E-state index < -0.39 is 0 Å². The number of nitrogens with one attached hydrogen (secondary N) is 1. The Balaban J connectivity index is 2.12. The van der Waals surface area contributed by atoms with E-state index in [9.17, 15) is 4.79 Å². The van der Waals surface area contributed by atoms with Gasteiger partial charge in [-0.05, 0) is 19.4 Å². The van der Waals surface area contributed by atoms with Crippen molar-refractivity contribution in [2.24, 2.45) is 0 Å². The third-order valence-corrected chi connectivity index (χ3v) is 2.12. The van der Waals surface area contributed by atoms with Crippen molar-refractivity contribution in [3.63, 3.8) is 0 Å². The molecule has 1 fully saturated rings. The number of hydrogen-bond acceptors (Lipinski definition) is 5. The second-order valence-electron chi connectivity index (χ2n) is 3.15. The zero-order chi connectivity index (χ0) is 9.26. The fraction of sp³-hybridized carbons (Fsp3) is 0.625. The molecular formula is C8H11N3O2. The maximum atomic E-state index is 11.6. The average Bonchev–Trinajstić information content (AvgIpc) is 2.72. The van der Waals surface area contributed by atoms with Crippen molar-refractivity contribution in [3.8, 4) is 0 Å². The Labute approximate surface area is 75.5 Å². The number of hydrogen-bond donors (Lipinski definition) is 1. The minimum atomic E-state index is -0.114. The summed E-state index contributed by atoms with van der Waals surface area (Å²) < 4.78 is 4.74. The summed E-state index contributed by atoms with van der Waals surface area (Å²) in [5, 5.41) is 6.68. The average molecular weight is 181 g/mol. The number of carbonyl (C=O) groups excluding carboxylic acids is 1. The Morgan fingerprint density at radius 2 is 2.54 bits per heavy atom. The van der Waals surface area contributed by atoms with Gasteiger partial charge in [0.2, 0.25) is 17.5 Å². The Kier molecular flexibility index (Phi) is 2.10. The van der Waals surface area contributed by atoms with Gasteiger partial charge in [0.25, 0.3) is 0 Å². The molecule has 0 aliphatic carbocycles. The lowest BCUT2D eigenvalue weighted by Gasteiger charge is -2.03. The molecule has 1 saturated heterocycles. The zero-order valence-electron chi connectivity index (χ0n) is 7.41. The van der Waals surface area contributed by atoms with Crippen LogP contribution >= 0.6 is 0 Å². The van der Waals surface area contributed by atoms with Crippen LogP contribution in [0.15, 0.2) is 4.52 Å². The lowest BCUT2D eigenvalue weighted by molar-refractivity contribution is 0.0939. The van der Waals surface area contributed by atoms with Gasteiger partial charge in [0.15, 0.2) is 0 Å². The van der Waals surface area contributed by atoms with Crippen LogP contribution in [0.5, 0.6) is 0 Å². The van der Waals surface area contributed by atoms with Crippen LogP contribution in [0.4, 0.5) is 0 Å². The highest BCUT2D eigenvalue weighted by atomic mass is 16.5. The van der Waals surface area contributed by atoms with E-state index in [1.807, 2.05) is 0 Å². The van der Waals surface area contributed by atoms with Crippen molar-refractivity contribution >= 4 is 5.78 Å². The highest BCUT2D eigenvalue weighted by Gasteiger charge is 2.26. The van der Waals surface area contributed by atoms with Gasteiger partial charge in [-0.25, -0.2) is 0 Å². The molecule has 1 unspecified atom stereocenters. The lowest BCUT2D eigenvalue weighted by atomic mass is 10.1. The van der Waals surface area contributed by atoms with E-state index in [1.165, 1.54) is 0 Å². The van der Waals surface area contributed by atoms with Gasteiger partial charge in [0.1, 0.15) is 0 Å².